The van der Waals surface area contributed by atoms with Gasteiger partial charge in [-0.05, 0) is 50.2 Å². The molecule has 0 atom stereocenters. The summed E-state index contributed by atoms with van der Waals surface area (Å²) in [5.41, 5.74) is 2.13. The summed E-state index contributed by atoms with van der Waals surface area (Å²) in [6.07, 6.45) is -2.74. The van der Waals surface area contributed by atoms with Crippen LogP contribution in [0.2, 0.25) is 5.02 Å². The lowest BCUT2D eigenvalue weighted by molar-refractivity contribution is -0.274. The Hall–Kier alpha value is -2.93. The normalized spacial score (nSPS) is 12.1. The van der Waals surface area contributed by atoms with E-state index in [2.05, 4.69) is 28.5 Å². The molecular formula is C21H17ClF3N3O. The van der Waals surface area contributed by atoms with Gasteiger partial charge in [0.25, 0.3) is 0 Å². The van der Waals surface area contributed by atoms with Gasteiger partial charge in [0.15, 0.2) is 5.82 Å². The van der Waals surface area contributed by atoms with E-state index in [1.54, 1.807) is 6.07 Å². The molecular weight excluding hydrogens is 403 g/mol. The lowest BCUT2D eigenvalue weighted by Crippen LogP contribution is -2.17. The molecule has 4 aromatic rings. The fourth-order valence-electron chi connectivity index (χ4n) is 3.32. The third-order valence-corrected chi connectivity index (χ3v) is 4.85. The first-order chi connectivity index (χ1) is 13.7. The van der Waals surface area contributed by atoms with E-state index in [9.17, 15) is 13.2 Å². The molecule has 0 spiro atoms. The maximum Gasteiger partial charge on any atom is 0.573 e. The molecule has 4 nitrogen and oxygen atoms in total. The van der Waals surface area contributed by atoms with Crippen LogP contribution in [0, 0.1) is 0 Å². The van der Waals surface area contributed by atoms with E-state index in [4.69, 9.17) is 16.6 Å². The average Bonchev–Trinajstić information content (AvgIpc) is 3.09. The number of anilines is 2. The largest absolute Gasteiger partial charge is 0.573 e. The fourth-order valence-corrected chi connectivity index (χ4v) is 3.54. The van der Waals surface area contributed by atoms with Crippen LogP contribution in [-0.4, -0.2) is 15.9 Å². The van der Waals surface area contributed by atoms with Gasteiger partial charge in [-0.15, -0.1) is 13.2 Å². The Balaban J connectivity index is 1.81. The summed E-state index contributed by atoms with van der Waals surface area (Å²) < 4.78 is 43.1. The lowest BCUT2D eigenvalue weighted by atomic mass is 10.1. The van der Waals surface area contributed by atoms with Crippen molar-refractivity contribution in [1.82, 2.24) is 9.55 Å². The van der Waals surface area contributed by atoms with Crippen LogP contribution >= 0.6 is 11.6 Å². The monoisotopic (exact) mass is 419 g/mol. The van der Waals surface area contributed by atoms with Gasteiger partial charge < -0.3 is 14.6 Å². The highest BCUT2D eigenvalue weighted by Gasteiger charge is 2.31. The Morgan fingerprint density at radius 2 is 1.76 bits per heavy atom. The van der Waals surface area contributed by atoms with Crippen molar-refractivity contribution in [2.45, 2.75) is 26.3 Å². The number of nitrogens with zero attached hydrogens (tertiary/aromatic N) is 2. The highest BCUT2D eigenvalue weighted by Crippen LogP contribution is 2.36. The predicted octanol–water partition coefficient (Wildman–Crippen LogP) is 7.07. The summed E-state index contributed by atoms with van der Waals surface area (Å²) in [4.78, 5) is 4.72. The van der Waals surface area contributed by atoms with Crippen LogP contribution in [0.3, 0.4) is 0 Å². The molecule has 1 N–H and O–H groups in total. The number of ether oxygens (including phenoxy) is 1. The molecule has 0 unspecified atom stereocenters. The molecule has 0 radical (unpaired) electrons. The van der Waals surface area contributed by atoms with Gasteiger partial charge in [0, 0.05) is 28.7 Å². The molecule has 2 heterocycles. The zero-order valence-electron chi connectivity index (χ0n) is 15.6. The van der Waals surface area contributed by atoms with E-state index in [0.29, 0.717) is 22.0 Å². The second kappa shape index (κ2) is 7.15. The molecule has 0 saturated carbocycles. The molecule has 2 aromatic heterocycles. The smallest absolute Gasteiger partial charge is 0.406 e. The third kappa shape index (κ3) is 3.82. The van der Waals surface area contributed by atoms with E-state index in [1.165, 1.54) is 24.3 Å². The molecule has 0 bridgehead atoms. The number of hydrogen-bond acceptors (Lipinski definition) is 3. The van der Waals surface area contributed by atoms with Crippen LogP contribution in [0.5, 0.6) is 5.75 Å². The minimum atomic E-state index is -4.73. The quantitative estimate of drug-likeness (QED) is 0.384. The summed E-state index contributed by atoms with van der Waals surface area (Å²) in [6.45, 7) is 4.13. The van der Waals surface area contributed by atoms with Crippen molar-refractivity contribution in [2.75, 3.05) is 5.32 Å². The summed E-state index contributed by atoms with van der Waals surface area (Å²) >= 11 is 6.36. The second-order valence-electron chi connectivity index (χ2n) is 6.87. The van der Waals surface area contributed by atoms with E-state index in [0.717, 1.165) is 16.3 Å². The molecule has 0 fully saturated rings. The maximum atomic E-state index is 12.4. The number of fused-ring (bicyclic) bond motifs is 3. The summed E-state index contributed by atoms with van der Waals surface area (Å²) in [5.74, 6) is 0.289. The molecule has 8 heteroatoms. The second-order valence-corrected chi connectivity index (χ2v) is 7.28. The molecule has 0 saturated heterocycles. The van der Waals surface area contributed by atoms with Crippen molar-refractivity contribution in [1.29, 1.82) is 0 Å². The van der Waals surface area contributed by atoms with Crippen LogP contribution in [0.1, 0.15) is 19.9 Å². The number of para-hydroxylation sites is 1. The Kier molecular flexibility index (Phi) is 4.78. The van der Waals surface area contributed by atoms with Crippen molar-refractivity contribution < 1.29 is 17.9 Å². The van der Waals surface area contributed by atoms with Crippen LogP contribution in [0.15, 0.2) is 54.7 Å². The number of hydrogen-bond donors (Lipinski definition) is 1. The Bertz CT molecular complexity index is 1180. The van der Waals surface area contributed by atoms with E-state index >= 15 is 0 Å². The third-order valence-electron chi connectivity index (χ3n) is 4.55. The number of aromatic nitrogens is 2. The number of pyridine rings is 1. The van der Waals surface area contributed by atoms with Crippen molar-refractivity contribution >= 4 is 44.9 Å². The molecule has 0 aliphatic carbocycles. The van der Waals surface area contributed by atoms with Crippen LogP contribution in [0.25, 0.3) is 21.8 Å². The van der Waals surface area contributed by atoms with Crippen molar-refractivity contribution in [3.8, 4) is 5.75 Å². The van der Waals surface area contributed by atoms with Crippen molar-refractivity contribution in [3.63, 3.8) is 0 Å². The molecule has 0 aliphatic rings. The first-order valence-corrected chi connectivity index (χ1v) is 9.32. The zero-order valence-corrected chi connectivity index (χ0v) is 16.3. The SMILES string of the molecule is CC(C)n1ccc2c3cccc(Cl)c3nc(Nc3ccc(OC(F)(F)F)cc3)c21. The number of benzene rings is 2. The molecule has 150 valence electrons. The highest BCUT2D eigenvalue weighted by atomic mass is 35.5. The van der Waals surface area contributed by atoms with Crippen molar-refractivity contribution in [2.24, 2.45) is 0 Å². The van der Waals surface area contributed by atoms with Crippen molar-refractivity contribution in [3.05, 3.63) is 59.8 Å². The average molecular weight is 420 g/mol. The topological polar surface area (TPSA) is 39.1 Å². The molecule has 0 aliphatic heterocycles. The molecule has 2 aromatic carbocycles. The summed E-state index contributed by atoms with van der Waals surface area (Å²) in [5, 5.41) is 5.66. The van der Waals surface area contributed by atoms with Crippen LogP contribution < -0.4 is 10.1 Å². The number of rotatable bonds is 4. The van der Waals surface area contributed by atoms with Gasteiger partial charge in [-0.3, -0.25) is 0 Å². The Labute approximate surface area is 169 Å². The fraction of sp³-hybridized carbons (Fsp3) is 0.190. The van der Waals surface area contributed by atoms with Gasteiger partial charge in [-0.25, -0.2) is 4.98 Å². The Morgan fingerprint density at radius 1 is 1.03 bits per heavy atom. The first-order valence-electron chi connectivity index (χ1n) is 8.94. The van der Waals surface area contributed by atoms with Gasteiger partial charge in [0.1, 0.15) is 5.75 Å². The van der Waals surface area contributed by atoms with Crippen LogP contribution in [0.4, 0.5) is 24.7 Å². The van der Waals surface area contributed by atoms with Gasteiger partial charge in [0.05, 0.1) is 16.1 Å². The zero-order chi connectivity index (χ0) is 20.8. The standard InChI is InChI=1S/C21H17ClF3N3O/c1-12(2)28-11-10-16-15-4-3-5-17(22)18(15)27-20(19(16)28)26-13-6-8-14(9-7-13)29-21(23,24)25/h3-12H,1-2H3,(H,26,27). The number of alkyl halides is 3. The van der Waals surface area contributed by atoms with Gasteiger partial charge >= 0.3 is 6.36 Å². The predicted molar refractivity (Wildman–Crippen MR) is 109 cm³/mol. The van der Waals surface area contributed by atoms with Gasteiger partial charge in [-0.1, -0.05) is 23.7 Å². The van der Waals surface area contributed by atoms with E-state index in [-0.39, 0.29) is 11.8 Å². The first kappa shape index (κ1) is 19.4. The summed E-state index contributed by atoms with van der Waals surface area (Å²) in [7, 11) is 0. The molecule has 29 heavy (non-hydrogen) atoms. The van der Waals surface area contributed by atoms with Gasteiger partial charge in [-0.2, -0.15) is 0 Å². The molecule has 0 amide bonds. The van der Waals surface area contributed by atoms with Gasteiger partial charge in [0.2, 0.25) is 0 Å². The number of nitrogens with one attached hydrogen (secondary N) is 1. The highest BCUT2D eigenvalue weighted by molar-refractivity contribution is 6.36. The lowest BCUT2D eigenvalue weighted by Gasteiger charge is -2.16. The minimum absolute atomic E-state index is 0.189. The van der Waals surface area contributed by atoms with Crippen LogP contribution in [-0.2, 0) is 0 Å². The Morgan fingerprint density at radius 3 is 2.41 bits per heavy atom. The molecule has 4 rings (SSSR count). The minimum Gasteiger partial charge on any atom is -0.406 e. The van der Waals surface area contributed by atoms with E-state index in [1.807, 2.05) is 24.4 Å². The number of halogens is 4. The maximum absolute atomic E-state index is 12.4. The van der Waals surface area contributed by atoms with E-state index < -0.39 is 6.36 Å². The summed E-state index contributed by atoms with van der Waals surface area (Å²) in [6, 6.07) is 13.3.